The quantitative estimate of drug-likeness (QED) is 0.476. The van der Waals surface area contributed by atoms with Gasteiger partial charge in [-0.2, -0.15) is 0 Å². The fourth-order valence-corrected chi connectivity index (χ4v) is 1.01. The van der Waals surface area contributed by atoms with E-state index in [2.05, 4.69) is 4.98 Å². The number of rotatable bonds is 2. The van der Waals surface area contributed by atoms with Crippen molar-refractivity contribution in [2.45, 2.75) is 0 Å². The Morgan fingerprint density at radius 1 is 1.60 bits per heavy atom. The minimum absolute atomic E-state index is 0.285. The highest BCUT2D eigenvalue weighted by atomic mass is 32.1. The van der Waals surface area contributed by atoms with E-state index in [-0.39, 0.29) is 4.88 Å². The third kappa shape index (κ3) is 1.19. The van der Waals surface area contributed by atoms with Crippen molar-refractivity contribution in [3.63, 3.8) is 0 Å². The number of nitrogens with zero attached hydrogens (tertiary/aromatic N) is 1. The van der Waals surface area contributed by atoms with Crippen LogP contribution in [0, 0.1) is 0 Å². The molecule has 1 aromatic heterocycles. The van der Waals surface area contributed by atoms with Crippen molar-refractivity contribution in [3.8, 4) is 0 Å². The van der Waals surface area contributed by atoms with E-state index in [0.29, 0.717) is 0 Å². The van der Waals surface area contributed by atoms with Gasteiger partial charge in [-0.25, -0.2) is 0 Å². The number of hydrogen-bond donors (Lipinski definition) is 1. The number of primary amides is 1. The van der Waals surface area contributed by atoms with Crippen LogP contribution in [0.3, 0.4) is 0 Å². The molecule has 0 bridgehead atoms. The maximum Gasteiger partial charge on any atom is 0.290 e. The molecule has 0 aliphatic rings. The lowest BCUT2D eigenvalue weighted by Crippen LogP contribution is -2.22. The van der Waals surface area contributed by atoms with Crippen molar-refractivity contribution >= 4 is 23.0 Å². The minimum Gasteiger partial charge on any atom is -0.363 e. The standard InChI is InChI=1S/C5H4N2O2S/c6-5(9)4(8)3-1-7-2-10-3/h1-2H,(H2,6,9). The number of carbonyl (C=O) groups excluding carboxylic acids is 2. The van der Waals surface area contributed by atoms with Gasteiger partial charge in [0, 0.05) is 6.20 Å². The summed E-state index contributed by atoms with van der Waals surface area (Å²) in [4.78, 5) is 24.9. The normalized spacial score (nSPS) is 9.20. The highest BCUT2D eigenvalue weighted by Gasteiger charge is 2.12. The number of Topliss-reactive ketones (excluding diaryl/α,β-unsaturated/α-hetero) is 1. The Kier molecular flexibility index (Phi) is 1.77. The smallest absolute Gasteiger partial charge is 0.290 e. The molecule has 0 spiro atoms. The molecule has 1 aromatic rings. The summed E-state index contributed by atoms with van der Waals surface area (Å²) in [6.07, 6.45) is 1.32. The molecule has 0 fully saturated rings. The summed E-state index contributed by atoms with van der Waals surface area (Å²) in [7, 11) is 0. The maximum absolute atomic E-state index is 10.7. The number of aromatic nitrogens is 1. The van der Waals surface area contributed by atoms with Crippen LogP contribution < -0.4 is 5.73 Å². The van der Waals surface area contributed by atoms with Crippen molar-refractivity contribution in [1.82, 2.24) is 4.98 Å². The van der Waals surface area contributed by atoms with Gasteiger partial charge in [0.1, 0.15) is 4.88 Å². The van der Waals surface area contributed by atoms with Crippen LogP contribution >= 0.6 is 11.3 Å². The summed E-state index contributed by atoms with van der Waals surface area (Å²) in [6, 6.07) is 0. The molecule has 1 heterocycles. The first-order valence-corrected chi connectivity index (χ1v) is 3.32. The van der Waals surface area contributed by atoms with Crippen LogP contribution in [0.5, 0.6) is 0 Å². The average Bonchev–Trinajstić information content (AvgIpc) is 2.36. The molecule has 0 aliphatic heterocycles. The molecule has 0 unspecified atom stereocenters. The highest BCUT2D eigenvalue weighted by Crippen LogP contribution is 2.05. The van der Waals surface area contributed by atoms with Crippen LogP contribution in [0.4, 0.5) is 0 Å². The van der Waals surface area contributed by atoms with Crippen molar-refractivity contribution in [2.75, 3.05) is 0 Å². The lowest BCUT2D eigenvalue weighted by Gasteiger charge is -1.85. The van der Waals surface area contributed by atoms with Crippen LogP contribution in [0.25, 0.3) is 0 Å². The van der Waals surface area contributed by atoms with Gasteiger partial charge in [-0.1, -0.05) is 0 Å². The molecule has 0 radical (unpaired) electrons. The summed E-state index contributed by atoms with van der Waals surface area (Å²) in [5.41, 5.74) is 6.19. The van der Waals surface area contributed by atoms with Crippen LogP contribution in [0.1, 0.15) is 9.67 Å². The monoisotopic (exact) mass is 156 g/mol. The van der Waals surface area contributed by atoms with Crippen molar-refractivity contribution < 1.29 is 9.59 Å². The molecule has 5 heteroatoms. The molecule has 4 nitrogen and oxygen atoms in total. The Labute approximate surface area is 60.7 Å². The van der Waals surface area contributed by atoms with Crippen molar-refractivity contribution in [1.29, 1.82) is 0 Å². The summed E-state index contributed by atoms with van der Waals surface area (Å²) in [5.74, 6) is -1.62. The second-order valence-electron chi connectivity index (χ2n) is 1.56. The summed E-state index contributed by atoms with van der Waals surface area (Å²) < 4.78 is 0. The van der Waals surface area contributed by atoms with Gasteiger partial charge >= 0.3 is 0 Å². The third-order valence-electron chi connectivity index (χ3n) is 0.880. The van der Waals surface area contributed by atoms with Gasteiger partial charge in [-0.3, -0.25) is 14.6 Å². The van der Waals surface area contributed by atoms with Gasteiger partial charge in [0.2, 0.25) is 0 Å². The maximum atomic E-state index is 10.7. The van der Waals surface area contributed by atoms with Crippen molar-refractivity contribution in [2.24, 2.45) is 5.73 Å². The van der Waals surface area contributed by atoms with Gasteiger partial charge in [-0.05, 0) is 0 Å². The van der Waals surface area contributed by atoms with E-state index in [9.17, 15) is 9.59 Å². The fraction of sp³-hybridized carbons (Fsp3) is 0. The molecule has 0 atom stereocenters. The van der Waals surface area contributed by atoms with E-state index in [0.717, 1.165) is 11.3 Å². The van der Waals surface area contributed by atoms with E-state index >= 15 is 0 Å². The highest BCUT2D eigenvalue weighted by molar-refractivity contribution is 7.12. The van der Waals surface area contributed by atoms with E-state index in [1.54, 1.807) is 0 Å². The second-order valence-corrected chi connectivity index (χ2v) is 2.45. The second kappa shape index (κ2) is 2.57. The Balaban J connectivity index is 2.88. The fourth-order valence-electron chi connectivity index (χ4n) is 0.449. The molecule has 1 amide bonds. The first-order valence-electron chi connectivity index (χ1n) is 2.44. The number of nitrogens with two attached hydrogens (primary N) is 1. The molecule has 0 aromatic carbocycles. The Hall–Kier alpha value is -1.23. The lowest BCUT2D eigenvalue weighted by atomic mass is 10.3. The first kappa shape index (κ1) is 6.88. The van der Waals surface area contributed by atoms with Crippen LogP contribution in [-0.4, -0.2) is 16.7 Å². The number of hydrogen-bond acceptors (Lipinski definition) is 4. The zero-order valence-corrected chi connectivity index (χ0v) is 5.72. The van der Waals surface area contributed by atoms with E-state index in [4.69, 9.17) is 5.73 Å². The molecule has 0 saturated carbocycles. The van der Waals surface area contributed by atoms with Gasteiger partial charge in [0.05, 0.1) is 5.51 Å². The third-order valence-corrected chi connectivity index (χ3v) is 1.65. The van der Waals surface area contributed by atoms with E-state index in [1.807, 2.05) is 0 Å². The van der Waals surface area contributed by atoms with Gasteiger partial charge in [-0.15, -0.1) is 11.3 Å². The zero-order valence-electron chi connectivity index (χ0n) is 4.90. The summed E-state index contributed by atoms with van der Waals surface area (Å²) >= 11 is 1.10. The Morgan fingerprint density at radius 2 is 2.30 bits per heavy atom. The predicted molar refractivity (Wildman–Crippen MR) is 35.6 cm³/mol. The van der Waals surface area contributed by atoms with E-state index < -0.39 is 11.7 Å². The average molecular weight is 156 g/mol. The Bertz CT molecular complexity index is 255. The van der Waals surface area contributed by atoms with Crippen molar-refractivity contribution in [3.05, 3.63) is 16.6 Å². The van der Waals surface area contributed by atoms with Gasteiger partial charge < -0.3 is 5.73 Å². The molecule has 2 N–H and O–H groups in total. The molecule has 0 saturated heterocycles. The zero-order chi connectivity index (χ0) is 7.56. The molecule has 0 aliphatic carbocycles. The molecule has 52 valence electrons. The van der Waals surface area contributed by atoms with Crippen LogP contribution in [-0.2, 0) is 4.79 Å². The first-order chi connectivity index (χ1) is 4.72. The SMILES string of the molecule is NC(=O)C(=O)c1cncs1. The van der Waals surface area contributed by atoms with E-state index in [1.165, 1.54) is 11.7 Å². The number of carbonyl (C=O) groups is 2. The summed E-state index contributed by atoms with van der Waals surface area (Å²) in [6.45, 7) is 0. The number of amides is 1. The van der Waals surface area contributed by atoms with Gasteiger partial charge in [0.25, 0.3) is 11.7 Å². The topological polar surface area (TPSA) is 73.1 Å². The molecule has 10 heavy (non-hydrogen) atoms. The molecular formula is C5H4N2O2S. The van der Waals surface area contributed by atoms with Crippen LogP contribution in [0.15, 0.2) is 11.7 Å². The summed E-state index contributed by atoms with van der Waals surface area (Å²) in [5, 5.41) is 0. The lowest BCUT2D eigenvalue weighted by molar-refractivity contribution is -0.114. The Morgan fingerprint density at radius 3 is 2.70 bits per heavy atom. The molecule has 1 rings (SSSR count). The predicted octanol–water partition coefficient (Wildman–Crippen LogP) is -0.189. The number of thiazole rings is 1. The molecular weight excluding hydrogens is 152 g/mol. The van der Waals surface area contributed by atoms with Crippen LogP contribution in [0.2, 0.25) is 0 Å². The van der Waals surface area contributed by atoms with Gasteiger partial charge in [0.15, 0.2) is 0 Å². The largest absolute Gasteiger partial charge is 0.363 e. The minimum atomic E-state index is -0.941. The number of ketones is 1.